The first-order valence-electron chi connectivity index (χ1n) is 9.64. The van der Waals surface area contributed by atoms with E-state index in [1.54, 1.807) is 42.3 Å². The van der Waals surface area contributed by atoms with Crippen LogP contribution in [0.25, 0.3) is 5.52 Å². The smallest absolute Gasteiger partial charge is 0.274 e. The summed E-state index contributed by atoms with van der Waals surface area (Å²) in [5.41, 5.74) is 1.80. The Morgan fingerprint density at radius 3 is 2.77 bits per heavy atom. The van der Waals surface area contributed by atoms with Crippen LogP contribution in [0.2, 0.25) is 0 Å². The van der Waals surface area contributed by atoms with E-state index in [9.17, 15) is 14.4 Å². The lowest BCUT2D eigenvalue weighted by Gasteiger charge is -2.32. The Morgan fingerprint density at radius 2 is 2.03 bits per heavy atom. The molecule has 9 heteroatoms. The monoisotopic (exact) mass is 404 g/mol. The summed E-state index contributed by atoms with van der Waals surface area (Å²) in [5, 5.41) is 16.2. The van der Waals surface area contributed by atoms with Crippen LogP contribution in [-0.4, -0.2) is 50.4 Å². The number of aromatic nitrogens is 3. The summed E-state index contributed by atoms with van der Waals surface area (Å²) in [5.74, 6) is -0.464. The van der Waals surface area contributed by atoms with Crippen LogP contribution >= 0.6 is 0 Å². The molecule has 0 spiro atoms. The zero-order chi connectivity index (χ0) is 21.3. The summed E-state index contributed by atoms with van der Waals surface area (Å²) in [6.07, 6.45) is 2.89. The van der Waals surface area contributed by atoms with Gasteiger partial charge in [-0.15, -0.1) is 0 Å². The van der Waals surface area contributed by atoms with Crippen molar-refractivity contribution in [2.45, 2.75) is 25.8 Å². The fourth-order valence-corrected chi connectivity index (χ4v) is 3.61. The summed E-state index contributed by atoms with van der Waals surface area (Å²) < 4.78 is 1.42. The molecule has 2 aromatic heterocycles. The third-order valence-corrected chi connectivity index (χ3v) is 5.19. The molecule has 3 heterocycles. The zero-order valence-corrected chi connectivity index (χ0v) is 16.4. The molecular weight excluding hydrogens is 384 g/mol. The second kappa shape index (κ2) is 7.83. The number of rotatable bonds is 3. The maximum atomic E-state index is 12.8. The van der Waals surface area contributed by atoms with Gasteiger partial charge < -0.3 is 15.2 Å². The SMILES string of the molecule is Cc1cn2nc(C(=O)N3CCC(NC(=O)c4cccc(C#N)c4)CC3)cc2c(=O)[nH]1. The van der Waals surface area contributed by atoms with Crippen LogP contribution in [0, 0.1) is 18.3 Å². The molecule has 0 atom stereocenters. The average molecular weight is 404 g/mol. The van der Waals surface area contributed by atoms with Crippen LogP contribution in [0.15, 0.2) is 41.3 Å². The number of likely N-dealkylation sites (tertiary alicyclic amines) is 1. The van der Waals surface area contributed by atoms with Crippen molar-refractivity contribution in [2.24, 2.45) is 0 Å². The number of hydrogen-bond donors (Lipinski definition) is 2. The molecule has 1 aromatic carbocycles. The molecule has 1 fully saturated rings. The van der Waals surface area contributed by atoms with Crippen LogP contribution in [0.4, 0.5) is 0 Å². The molecular formula is C21H20N6O3. The molecule has 2 N–H and O–H groups in total. The molecule has 0 radical (unpaired) electrons. The number of nitrogens with zero attached hydrogens (tertiary/aromatic N) is 4. The Morgan fingerprint density at radius 1 is 1.27 bits per heavy atom. The Bertz CT molecular complexity index is 1230. The minimum absolute atomic E-state index is 0.0566. The standard InChI is InChI=1S/C21H20N6O3/c1-13-12-27-18(20(29)23-13)10-17(25-27)21(30)26-7-5-16(6-8-26)24-19(28)15-4-2-3-14(9-15)11-22/h2-4,9-10,12,16H,5-8H2,1H3,(H,23,29)(H,24,28). The predicted octanol–water partition coefficient (Wildman–Crippen LogP) is 1.24. The normalized spacial score (nSPS) is 14.5. The van der Waals surface area contributed by atoms with E-state index in [1.807, 2.05) is 6.07 Å². The first-order chi connectivity index (χ1) is 14.4. The number of aryl methyl sites for hydroxylation is 1. The van der Waals surface area contributed by atoms with Crippen LogP contribution in [0.3, 0.4) is 0 Å². The zero-order valence-electron chi connectivity index (χ0n) is 16.4. The number of hydrogen-bond acceptors (Lipinski definition) is 5. The van der Waals surface area contributed by atoms with Crippen molar-refractivity contribution in [2.75, 3.05) is 13.1 Å². The number of carbonyl (C=O) groups excluding carboxylic acids is 2. The van der Waals surface area contributed by atoms with E-state index in [0.717, 1.165) is 0 Å². The maximum absolute atomic E-state index is 12.8. The number of H-pyrrole nitrogens is 1. The summed E-state index contributed by atoms with van der Waals surface area (Å²) in [7, 11) is 0. The van der Waals surface area contributed by atoms with Gasteiger partial charge in [-0.05, 0) is 38.0 Å². The lowest BCUT2D eigenvalue weighted by atomic mass is 10.0. The Labute approximate surface area is 171 Å². The van der Waals surface area contributed by atoms with E-state index >= 15 is 0 Å². The first kappa shape index (κ1) is 19.4. The van der Waals surface area contributed by atoms with Gasteiger partial charge in [-0.1, -0.05) is 6.07 Å². The first-order valence-corrected chi connectivity index (χ1v) is 9.64. The maximum Gasteiger partial charge on any atom is 0.274 e. The van der Waals surface area contributed by atoms with Gasteiger partial charge in [0.2, 0.25) is 0 Å². The Kier molecular flexibility index (Phi) is 5.06. The molecule has 0 unspecified atom stereocenters. The number of fused-ring (bicyclic) bond motifs is 1. The van der Waals surface area contributed by atoms with Gasteiger partial charge in [0, 0.05) is 42.7 Å². The van der Waals surface area contributed by atoms with E-state index in [0.29, 0.717) is 48.3 Å². The number of benzene rings is 1. The van der Waals surface area contributed by atoms with Crippen molar-refractivity contribution in [1.29, 1.82) is 5.26 Å². The largest absolute Gasteiger partial charge is 0.349 e. The van der Waals surface area contributed by atoms with Crippen LogP contribution in [0.1, 0.15) is 44.9 Å². The molecule has 9 nitrogen and oxygen atoms in total. The summed E-state index contributed by atoms with van der Waals surface area (Å²) in [6, 6.07) is 10.0. The molecule has 0 saturated carbocycles. The molecule has 4 rings (SSSR count). The van der Waals surface area contributed by atoms with Crippen LogP contribution < -0.4 is 10.9 Å². The topological polar surface area (TPSA) is 123 Å². The van der Waals surface area contributed by atoms with Gasteiger partial charge in [0.05, 0.1) is 11.6 Å². The van der Waals surface area contributed by atoms with E-state index in [1.165, 1.54) is 10.6 Å². The van der Waals surface area contributed by atoms with Gasteiger partial charge in [0.15, 0.2) is 5.69 Å². The minimum Gasteiger partial charge on any atom is -0.349 e. The second-order valence-electron chi connectivity index (χ2n) is 7.36. The highest BCUT2D eigenvalue weighted by atomic mass is 16.2. The van der Waals surface area contributed by atoms with Crippen molar-refractivity contribution in [3.63, 3.8) is 0 Å². The number of nitriles is 1. The van der Waals surface area contributed by atoms with Crippen molar-refractivity contribution in [3.05, 3.63) is 69.4 Å². The summed E-state index contributed by atoms with van der Waals surface area (Å²) >= 11 is 0. The van der Waals surface area contributed by atoms with Gasteiger partial charge >= 0.3 is 0 Å². The average Bonchev–Trinajstić information content (AvgIpc) is 3.18. The van der Waals surface area contributed by atoms with Gasteiger partial charge in [-0.2, -0.15) is 10.4 Å². The number of nitrogens with one attached hydrogen (secondary N) is 2. The highest BCUT2D eigenvalue weighted by molar-refractivity contribution is 5.95. The van der Waals surface area contributed by atoms with Gasteiger partial charge in [0.1, 0.15) is 5.52 Å². The van der Waals surface area contributed by atoms with Crippen molar-refractivity contribution >= 4 is 17.3 Å². The fourth-order valence-electron chi connectivity index (χ4n) is 3.61. The molecule has 0 bridgehead atoms. The van der Waals surface area contributed by atoms with Gasteiger partial charge in [-0.25, -0.2) is 4.52 Å². The lowest BCUT2D eigenvalue weighted by molar-refractivity contribution is 0.0692. The van der Waals surface area contributed by atoms with Crippen LogP contribution in [-0.2, 0) is 0 Å². The quantitative estimate of drug-likeness (QED) is 0.680. The molecule has 0 aliphatic carbocycles. The summed E-state index contributed by atoms with van der Waals surface area (Å²) in [6.45, 7) is 2.70. The van der Waals surface area contributed by atoms with Crippen LogP contribution in [0.5, 0.6) is 0 Å². The number of amides is 2. The number of aromatic amines is 1. The molecule has 30 heavy (non-hydrogen) atoms. The highest BCUT2D eigenvalue weighted by Gasteiger charge is 2.26. The van der Waals surface area contributed by atoms with Crippen molar-refractivity contribution in [3.8, 4) is 6.07 Å². The lowest BCUT2D eigenvalue weighted by Crippen LogP contribution is -2.46. The third-order valence-electron chi connectivity index (χ3n) is 5.19. The predicted molar refractivity (Wildman–Crippen MR) is 108 cm³/mol. The van der Waals surface area contributed by atoms with Crippen molar-refractivity contribution in [1.82, 2.24) is 24.8 Å². The van der Waals surface area contributed by atoms with Gasteiger partial charge in [-0.3, -0.25) is 14.4 Å². The molecule has 3 aromatic rings. The second-order valence-corrected chi connectivity index (χ2v) is 7.36. The van der Waals surface area contributed by atoms with E-state index in [4.69, 9.17) is 5.26 Å². The van der Waals surface area contributed by atoms with Crippen molar-refractivity contribution < 1.29 is 9.59 Å². The van der Waals surface area contributed by atoms with E-state index in [2.05, 4.69) is 15.4 Å². The molecule has 1 saturated heterocycles. The Balaban J connectivity index is 1.39. The van der Waals surface area contributed by atoms with E-state index < -0.39 is 0 Å². The minimum atomic E-state index is -0.288. The van der Waals surface area contributed by atoms with E-state index in [-0.39, 0.29) is 29.1 Å². The summed E-state index contributed by atoms with van der Waals surface area (Å²) in [4.78, 5) is 41.6. The molecule has 1 aliphatic heterocycles. The third kappa shape index (κ3) is 3.80. The fraction of sp³-hybridized carbons (Fsp3) is 0.286. The molecule has 1 aliphatic rings. The number of piperidine rings is 1. The molecule has 152 valence electrons. The molecule has 2 amide bonds. The van der Waals surface area contributed by atoms with Gasteiger partial charge in [0.25, 0.3) is 17.4 Å². The highest BCUT2D eigenvalue weighted by Crippen LogP contribution is 2.15. The Hall–Kier alpha value is -3.93. The number of carbonyl (C=O) groups is 2.